The Morgan fingerprint density at radius 2 is 2.15 bits per heavy atom. The highest BCUT2D eigenvalue weighted by Gasteiger charge is 2.39. The molecule has 2 fully saturated rings. The molecular weight excluding hydrogens is 254 g/mol. The van der Waals surface area contributed by atoms with Gasteiger partial charge in [0.15, 0.2) is 0 Å². The monoisotopic (exact) mass is 275 g/mol. The van der Waals surface area contributed by atoms with Gasteiger partial charge in [-0.15, -0.1) is 0 Å². The van der Waals surface area contributed by atoms with Crippen molar-refractivity contribution in [1.29, 1.82) is 0 Å². The molecule has 20 heavy (non-hydrogen) atoms. The first kappa shape index (κ1) is 13.3. The first-order chi connectivity index (χ1) is 9.68. The molecule has 0 N–H and O–H groups in total. The fraction of sp³-hybridized carbons (Fsp3) is 0.667. The number of amides is 1. The third-order valence-corrected chi connectivity index (χ3v) is 4.66. The lowest BCUT2D eigenvalue weighted by Gasteiger charge is -2.33. The van der Waals surface area contributed by atoms with E-state index >= 15 is 0 Å². The Morgan fingerprint density at radius 1 is 1.30 bits per heavy atom. The van der Waals surface area contributed by atoms with Crippen molar-refractivity contribution in [3.63, 3.8) is 0 Å². The number of Topliss-reactive ketones (excluding diaryl/α,β-unsaturated/α-hetero) is 1. The number of nitrogens with zero attached hydrogens (tertiary/aromatic N) is 3. The molecule has 1 amide bonds. The number of rotatable bonds is 2. The summed E-state index contributed by atoms with van der Waals surface area (Å²) in [5.41, 5.74) is 0.611. The van der Waals surface area contributed by atoms with Crippen LogP contribution in [-0.4, -0.2) is 38.7 Å². The normalized spacial score (nSPS) is 27.1. The predicted molar refractivity (Wildman–Crippen MR) is 74.2 cm³/mol. The van der Waals surface area contributed by atoms with Crippen LogP contribution in [0.25, 0.3) is 0 Å². The van der Waals surface area contributed by atoms with Gasteiger partial charge < -0.3 is 9.47 Å². The van der Waals surface area contributed by atoms with Gasteiger partial charge >= 0.3 is 0 Å². The summed E-state index contributed by atoms with van der Waals surface area (Å²) in [4.78, 5) is 30.7. The van der Waals surface area contributed by atoms with Crippen molar-refractivity contribution in [2.75, 3.05) is 6.54 Å². The molecule has 0 spiro atoms. The molecular formula is C15H21N3O2. The van der Waals surface area contributed by atoms with Crippen LogP contribution in [0.1, 0.15) is 49.0 Å². The van der Waals surface area contributed by atoms with Crippen LogP contribution in [0.3, 0.4) is 0 Å². The molecule has 1 saturated heterocycles. The maximum Gasteiger partial charge on any atom is 0.272 e. The Kier molecular flexibility index (Phi) is 3.59. The molecule has 2 aliphatic rings. The summed E-state index contributed by atoms with van der Waals surface area (Å²) in [5, 5.41) is 0. The molecule has 5 heteroatoms. The fourth-order valence-corrected chi connectivity index (χ4v) is 3.59. The van der Waals surface area contributed by atoms with Gasteiger partial charge in [-0.2, -0.15) is 0 Å². The minimum Gasteiger partial charge on any atom is -0.334 e. The molecule has 108 valence electrons. The molecule has 1 aromatic heterocycles. The molecule has 1 aliphatic heterocycles. The SMILES string of the molecule is Cn1cncc1C(=O)N1CCCC1C1CCCCC1=O. The van der Waals surface area contributed by atoms with Crippen molar-refractivity contribution in [1.82, 2.24) is 14.5 Å². The van der Waals surface area contributed by atoms with Crippen LogP contribution in [0.15, 0.2) is 12.5 Å². The van der Waals surface area contributed by atoms with Gasteiger partial charge in [-0.05, 0) is 25.7 Å². The number of imidazole rings is 1. The van der Waals surface area contributed by atoms with Crippen molar-refractivity contribution in [2.45, 2.75) is 44.6 Å². The van der Waals surface area contributed by atoms with Crippen LogP contribution in [0.4, 0.5) is 0 Å². The highest BCUT2D eigenvalue weighted by atomic mass is 16.2. The summed E-state index contributed by atoms with van der Waals surface area (Å²) in [6.07, 6.45) is 8.97. The van der Waals surface area contributed by atoms with Crippen LogP contribution in [-0.2, 0) is 11.8 Å². The molecule has 5 nitrogen and oxygen atoms in total. The summed E-state index contributed by atoms with van der Waals surface area (Å²) in [6, 6.07) is 0.102. The number of carbonyl (C=O) groups excluding carboxylic acids is 2. The first-order valence-corrected chi connectivity index (χ1v) is 7.48. The molecule has 2 atom stereocenters. The largest absolute Gasteiger partial charge is 0.334 e. The molecule has 3 rings (SSSR count). The van der Waals surface area contributed by atoms with Crippen LogP contribution in [0.5, 0.6) is 0 Å². The van der Waals surface area contributed by atoms with Crippen molar-refractivity contribution < 1.29 is 9.59 Å². The van der Waals surface area contributed by atoms with Crippen LogP contribution in [0.2, 0.25) is 0 Å². The third kappa shape index (κ3) is 2.25. The first-order valence-electron chi connectivity index (χ1n) is 7.48. The summed E-state index contributed by atoms with van der Waals surface area (Å²) in [6.45, 7) is 0.762. The van der Waals surface area contributed by atoms with E-state index in [0.29, 0.717) is 17.9 Å². The maximum atomic E-state index is 12.6. The minimum absolute atomic E-state index is 0.0193. The van der Waals surface area contributed by atoms with E-state index in [-0.39, 0.29) is 17.9 Å². The standard InChI is InChI=1S/C15H21N3O2/c1-17-10-16-9-13(17)15(20)18-8-4-6-12(18)11-5-2-3-7-14(11)19/h9-12H,2-8H2,1H3. The Balaban J connectivity index is 1.80. The fourth-order valence-electron chi connectivity index (χ4n) is 3.59. The van der Waals surface area contributed by atoms with Gasteiger partial charge in [0.1, 0.15) is 11.5 Å². The van der Waals surface area contributed by atoms with Crippen LogP contribution >= 0.6 is 0 Å². The van der Waals surface area contributed by atoms with Gasteiger partial charge in [0.2, 0.25) is 0 Å². The summed E-state index contributed by atoms with van der Waals surface area (Å²) in [5.74, 6) is 0.431. The van der Waals surface area contributed by atoms with E-state index in [2.05, 4.69) is 4.98 Å². The Morgan fingerprint density at radius 3 is 2.85 bits per heavy atom. The smallest absolute Gasteiger partial charge is 0.272 e. The summed E-state index contributed by atoms with van der Waals surface area (Å²) >= 11 is 0. The van der Waals surface area contributed by atoms with Crippen molar-refractivity contribution >= 4 is 11.7 Å². The zero-order valence-corrected chi connectivity index (χ0v) is 11.9. The number of likely N-dealkylation sites (tertiary alicyclic amines) is 1. The molecule has 1 saturated carbocycles. The quantitative estimate of drug-likeness (QED) is 0.826. The maximum absolute atomic E-state index is 12.6. The Hall–Kier alpha value is -1.65. The van der Waals surface area contributed by atoms with Crippen molar-refractivity contribution in [3.05, 3.63) is 18.2 Å². The molecule has 2 heterocycles. The molecule has 1 aromatic rings. The van der Waals surface area contributed by atoms with E-state index in [1.54, 1.807) is 17.1 Å². The second-order valence-electron chi connectivity index (χ2n) is 5.92. The van der Waals surface area contributed by atoms with Gasteiger partial charge in [-0.1, -0.05) is 6.42 Å². The van der Waals surface area contributed by atoms with Crippen molar-refractivity contribution in [2.24, 2.45) is 13.0 Å². The number of aryl methyl sites for hydroxylation is 1. The molecule has 1 aliphatic carbocycles. The average molecular weight is 275 g/mol. The number of hydrogen-bond acceptors (Lipinski definition) is 3. The lowest BCUT2D eigenvalue weighted by atomic mass is 9.82. The van der Waals surface area contributed by atoms with Gasteiger partial charge in [-0.25, -0.2) is 4.98 Å². The number of hydrogen-bond donors (Lipinski definition) is 0. The summed E-state index contributed by atoms with van der Waals surface area (Å²) in [7, 11) is 1.83. The van der Waals surface area contributed by atoms with Gasteiger partial charge in [0.05, 0.1) is 12.5 Å². The molecule has 0 radical (unpaired) electrons. The zero-order valence-electron chi connectivity index (χ0n) is 11.9. The van der Waals surface area contributed by atoms with Gasteiger partial charge in [-0.3, -0.25) is 9.59 Å². The zero-order chi connectivity index (χ0) is 14.1. The van der Waals surface area contributed by atoms with E-state index in [1.807, 2.05) is 11.9 Å². The second-order valence-corrected chi connectivity index (χ2v) is 5.92. The van der Waals surface area contributed by atoms with Crippen molar-refractivity contribution in [3.8, 4) is 0 Å². The van der Waals surface area contributed by atoms with E-state index in [4.69, 9.17) is 0 Å². The molecule has 2 unspecified atom stereocenters. The average Bonchev–Trinajstić information content (AvgIpc) is 3.07. The number of aromatic nitrogens is 2. The lowest BCUT2D eigenvalue weighted by molar-refractivity contribution is -0.126. The highest BCUT2D eigenvalue weighted by Crippen LogP contribution is 2.33. The predicted octanol–water partition coefficient (Wildman–Crippen LogP) is 1.78. The van der Waals surface area contributed by atoms with E-state index in [1.165, 1.54) is 0 Å². The van der Waals surface area contributed by atoms with Crippen LogP contribution < -0.4 is 0 Å². The second kappa shape index (κ2) is 5.38. The Bertz CT molecular complexity index is 523. The van der Waals surface area contributed by atoms with E-state index in [9.17, 15) is 9.59 Å². The topological polar surface area (TPSA) is 55.2 Å². The number of carbonyl (C=O) groups is 2. The molecule has 0 bridgehead atoms. The van der Waals surface area contributed by atoms with E-state index in [0.717, 1.165) is 38.6 Å². The lowest BCUT2D eigenvalue weighted by Crippen LogP contribution is -2.44. The molecule has 0 aromatic carbocycles. The highest BCUT2D eigenvalue weighted by molar-refractivity contribution is 5.93. The summed E-state index contributed by atoms with van der Waals surface area (Å²) < 4.78 is 1.75. The Labute approximate surface area is 119 Å². The number of ketones is 1. The van der Waals surface area contributed by atoms with Crippen LogP contribution in [0, 0.1) is 5.92 Å². The van der Waals surface area contributed by atoms with Gasteiger partial charge in [0, 0.05) is 32.0 Å². The minimum atomic E-state index is 0.0193. The van der Waals surface area contributed by atoms with E-state index < -0.39 is 0 Å². The van der Waals surface area contributed by atoms with Gasteiger partial charge in [0.25, 0.3) is 5.91 Å². The third-order valence-electron chi connectivity index (χ3n) is 4.66.